The number of aryl methyl sites for hydroxylation is 2. The van der Waals surface area contributed by atoms with E-state index in [1.54, 1.807) is 16.8 Å². The van der Waals surface area contributed by atoms with Crippen LogP contribution in [0.4, 0.5) is 5.82 Å². The Morgan fingerprint density at radius 3 is 2.48 bits per heavy atom. The highest BCUT2D eigenvalue weighted by molar-refractivity contribution is 5.94. The van der Waals surface area contributed by atoms with Crippen molar-refractivity contribution in [1.29, 1.82) is 0 Å². The van der Waals surface area contributed by atoms with Crippen molar-refractivity contribution in [3.8, 4) is 11.4 Å². The third kappa shape index (κ3) is 2.78. The fraction of sp³-hybridized carbons (Fsp3) is 0.200. The smallest absolute Gasteiger partial charge is 0.226 e. The number of carbonyl (C=O) groups is 1. The maximum atomic E-state index is 12.3. The number of nitrogens with zero attached hydrogens (tertiary/aromatic N) is 2. The maximum Gasteiger partial charge on any atom is 0.226 e. The molecule has 1 atom stereocenters. The molecule has 2 aromatic carbocycles. The summed E-state index contributed by atoms with van der Waals surface area (Å²) < 4.78 is 1.79. The van der Waals surface area contributed by atoms with Gasteiger partial charge in [-0.05, 0) is 54.8 Å². The van der Waals surface area contributed by atoms with E-state index >= 15 is 0 Å². The molecule has 4 rings (SSSR count). The summed E-state index contributed by atoms with van der Waals surface area (Å²) in [5.74, 6) is 0.843. The van der Waals surface area contributed by atoms with Crippen LogP contribution < -0.4 is 5.32 Å². The van der Waals surface area contributed by atoms with Crippen molar-refractivity contribution in [2.45, 2.75) is 26.2 Å². The first-order valence-electron chi connectivity index (χ1n) is 8.26. The minimum absolute atomic E-state index is 0.0308. The normalized spacial score (nSPS) is 16.4. The second-order valence-electron chi connectivity index (χ2n) is 6.60. The zero-order chi connectivity index (χ0) is 17.6. The second-order valence-corrected chi connectivity index (χ2v) is 6.60. The number of hydrogen-bond acceptors (Lipinski definition) is 3. The fourth-order valence-electron chi connectivity index (χ4n) is 3.49. The molecule has 0 spiro atoms. The molecular formula is C20H19N3O2. The SMILES string of the molecule is Cc1cc(C)cc(-n2ncc3c2NC(=O)CC3c2ccc(O)cc2)c1. The number of phenols is 1. The zero-order valence-electron chi connectivity index (χ0n) is 14.2. The van der Waals surface area contributed by atoms with Crippen LogP contribution in [-0.2, 0) is 4.79 Å². The van der Waals surface area contributed by atoms with E-state index in [2.05, 4.69) is 28.6 Å². The number of rotatable bonds is 2. The topological polar surface area (TPSA) is 67.2 Å². The van der Waals surface area contributed by atoms with Gasteiger partial charge in [0.1, 0.15) is 11.6 Å². The molecular weight excluding hydrogens is 314 g/mol. The Morgan fingerprint density at radius 2 is 1.80 bits per heavy atom. The number of nitrogens with one attached hydrogen (secondary N) is 1. The van der Waals surface area contributed by atoms with Gasteiger partial charge < -0.3 is 10.4 Å². The van der Waals surface area contributed by atoms with Crippen LogP contribution in [0, 0.1) is 13.8 Å². The molecule has 0 saturated heterocycles. The van der Waals surface area contributed by atoms with Crippen LogP contribution in [-0.4, -0.2) is 20.8 Å². The summed E-state index contributed by atoms with van der Waals surface area (Å²) in [4.78, 5) is 12.3. The Labute approximate surface area is 145 Å². The van der Waals surface area contributed by atoms with E-state index in [0.717, 1.165) is 33.8 Å². The summed E-state index contributed by atoms with van der Waals surface area (Å²) in [6, 6.07) is 13.2. The van der Waals surface area contributed by atoms with Gasteiger partial charge in [0.25, 0.3) is 0 Å². The van der Waals surface area contributed by atoms with E-state index in [0.29, 0.717) is 6.42 Å². The molecule has 2 heterocycles. The lowest BCUT2D eigenvalue weighted by Gasteiger charge is -2.24. The van der Waals surface area contributed by atoms with Crippen LogP contribution in [0.15, 0.2) is 48.7 Å². The number of aromatic hydroxyl groups is 1. The molecule has 1 aliphatic heterocycles. The van der Waals surface area contributed by atoms with Gasteiger partial charge in [-0.1, -0.05) is 18.2 Å². The summed E-state index contributed by atoms with van der Waals surface area (Å²) in [5.41, 5.74) is 5.22. The number of carbonyl (C=O) groups excluding carboxylic acids is 1. The van der Waals surface area contributed by atoms with Crippen LogP contribution in [0.5, 0.6) is 5.75 Å². The number of phenolic OH excluding ortho intramolecular Hbond substituents is 1. The first-order chi connectivity index (χ1) is 12.0. The highest BCUT2D eigenvalue weighted by atomic mass is 16.3. The largest absolute Gasteiger partial charge is 0.508 e. The van der Waals surface area contributed by atoms with Gasteiger partial charge in [-0.2, -0.15) is 5.10 Å². The van der Waals surface area contributed by atoms with Crippen LogP contribution >= 0.6 is 0 Å². The lowest BCUT2D eigenvalue weighted by Crippen LogP contribution is -2.24. The molecule has 1 aliphatic rings. The number of anilines is 1. The first-order valence-corrected chi connectivity index (χ1v) is 8.26. The van der Waals surface area contributed by atoms with Gasteiger partial charge in [0, 0.05) is 17.9 Å². The summed E-state index contributed by atoms with van der Waals surface area (Å²) >= 11 is 0. The monoisotopic (exact) mass is 333 g/mol. The maximum absolute atomic E-state index is 12.3. The van der Waals surface area contributed by atoms with E-state index in [9.17, 15) is 9.90 Å². The molecule has 0 bridgehead atoms. The average Bonchev–Trinajstić information content (AvgIpc) is 2.97. The molecule has 3 aromatic rings. The molecule has 0 saturated carbocycles. The Hall–Kier alpha value is -3.08. The predicted octanol–water partition coefficient (Wildman–Crippen LogP) is 3.67. The van der Waals surface area contributed by atoms with Crippen molar-refractivity contribution in [2.75, 3.05) is 5.32 Å². The van der Waals surface area contributed by atoms with Crippen LogP contribution in [0.25, 0.3) is 5.69 Å². The lowest BCUT2D eigenvalue weighted by molar-refractivity contribution is -0.116. The number of aromatic nitrogens is 2. The van der Waals surface area contributed by atoms with Crippen LogP contribution in [0.3, 0.4) is 0 Å². The van der Waals surface area contributed by atoms with Gasteiger partial charge in [0.15, 0.2) is 0 Å². The molecule has 2 N–H and O–H groups in total. The molecule has 126 valence electrons. The van der Waals surface area contributed by atoms with Crippen molar-refractivity contribution in [1.82, 2.24) is 9.78 Å². The highest BCUT2D eigenvalue weighted by Crippen LogP contribution is 2.38. The number of fused-ring (bicyclic) bond motifs is 1. The minimum atomic E-state index is -0.0657. The molecule has 0 radical (unpaired) electrons. The molecule has 1 amide bonds. The molecule has 0 aliphatic carbocycles. The third-order valence-corrected chi connectivity index (χ3v) is 4.57. The van der Waals surface area contributed by atoms with E-state index in [4.69, 9.17) is 0 Å². The number of amides is 1. The standard InChI is InChI=1S/C20H19N3O2/c1-12-7-13(2)9-15(8-12)23-20-18(11-21-23)17(10-19(25)22-20)14-3-5-16(24)6-4-14/h3-9,11,17,24H,10H2,1-2H3,(H,22,25). The van der Waals surface area contributed by atoms with Crippen molar-refractivity contribution in [2.24, 2.45) is 0 Å². The molecule has 25 heavy (non-hydrogen) atoms. The van der Waals surface area contributed by atoms with Gasteiger partial charge in [-0.3, -0.25) is 4.79 Å². The first kappa shape index (κ1) is 15.4. The van der Waals surface area contributed by atoms with E-state index in [1.165, 1.54) is 0 Å². The number of hydrogen-bond donors (Lipinski definition) is 2. The summed E-state index contributed by atoms with van der Waals surface area (Å²) in [6.07, 6.45) is 2.19. The van der Waals surface area contributed by atoms with Crippen LogP contribution in [0.1, 0.15) is 34.6 Å². The molecule has 5 heteroatoms. The molecule has 1 aromatic heterocycles. The summed E-state index contributed by atoms with van der Waals surface area (Å²) in [6.45, 7) is 4.09. The number of benzene rings is 2. The van der Waals surface area contributed by atoms with Gasteiger partial charge in [0.2, 0.25) is 5.91 Å². The minimum Gasteiger partial charge on any atom is -0.508 e. The van der Waals surface area contributed by atoms with E-state index < -0.39 is 0 Å². The van der Waals surface area contributed by atoms with Crippen molar-refractivity contribution in [3.63, 3.8) is 0 Å². The fourth-order valence-corrected chi connectivity index (χ4v) is 3.49. The molecule has 1 unspecified atom stereocenters. The summed E-state index contributed by atoms with van der Waals surface area (Å²) in [7, 11) is 0. The highest BCUT2D eigenvalue weighted by Gasteiger charge is 2.30. The van der Waals surface area contributed by atoms with Gasteiger partial charge >= 0.3 is 0 Å². The quantitative estimate of drug-likeness (QED) is 0.752. The predicted molar refractivity (Wildman–Crippen MR) is 96.2 cm³/mol. The Balaban J connectivity index is 1.82. The third-order valence-electron chi connectivity index (χ3n) is 4.57. The van der Waals surface area contributed by atoms with Gasteiger partial charge in [0.05, 0.1) is 11.9 Å². The lowest BCUT2D eigenvalue weighted by atomic mass is 9.87. The molecule has 5 nitrogen and oxygen atoms in total. The van der Waals surface area contributed by atoms with E-state index in [1.807, 2.05) is 32.2 Å². The van der Waals surface area contributed by atoms with Crippen LogP contribution in [0.2, 0.25) is 0 Å². The van der Waals surface area contributed by atoms with Crippen molar-refractivity contribution < 1.29 is 9.90 Å². The van der Waals surface area contributed by atoms with Crippen molar-refractivity contribution >= 4 is 11.7 Å². The Kier molecular flexibility index (Phi) is 3.57. The van der Waals surface area contributed by atoms with Gasteiger partial charge in [-0.25, -0.2) is 4.68 Å². The summed E-state index contributed by atoms with van der Waals surface area (Å²) in [5, 5.41) is 17.0. The average molecular weight is 333 g/mol. The van der Waals surface area contributed by atoms with E-state index in [-0.39, 0.29) is 17.6 Å². The second kappa shape index (κ2) is 5.77. The zero-order valence-corrected chi connectivity index (χ0v) is 14.2. The van der Waals surface area contributed by atoms with Crippen molar-refractivity contribution in [3.05, 3.63) is 70.9 Å². The Morgan fingerprint density at radius 1 is 1.12 bits per heavy atom. The van der Waals surface area contributed by atoms with Gasteiger partial charge in [-0.15, -0.1) is 0 Å². The molecule has 0 fully saturated rings. The Bertz CT molecular complexity index is 937.